The highest BCUT2D eigenvalue weighted by molar-refractivity contribution is 5.78. The minimum Gasteiger partial charge on any atom is -0.382 e. The smallest absolute Gasteiger partial charge is 0.150 e. The molecular weight excluding hydrogens is 378 g/mol. The van der Waals surface area contributed by atoms with Crippen LogP contribution in [0, 0.1) is 23.0 Å². The average Bonchev–Trinajstić information content (AvgIpc) is 3.07. The van der Waals surface area contributed by atoms with Crippen LogP contribution in [-0.2, 0) is 0 Å². The van der Waals surface area contributed by atoms with E-state index in [0.29, 0.717) is 22.5 Å². The first kappa shape index (κ1) is 18.2. The van der Waals surface area contributed by atoms with Gasteiger partial charge in [0.05, 0.1) is 35.2 Å². The average molecular weight is 392 g/mol. The Morgan fingerprint density at radius 1 is 1.17 bits per heavy atom. The molecule has 0 amide bonds. The highest BCUT2D eigenvalue weighted by Gasteiger charge is 2.21. The van der Waals surface area contributed by atoms with Crippen LogP contribution < -0.4 is 11.1 Å². The van der Waals surface area contributed by atoms with E-state index in [1.165, 1.54) is 36.8 Å². The molecule has 1 unspecified atom stereocenters. The van der Waals surface area contributed by atoms with E-state index in [4.69, 9.17) is 5.73 Å². The Labute approximate surface area is 163 Å². The van der Waals surface area contributed by atoms with Crippen LogP contribution in [0.1, 0.15) is 24.4 Å². The monoisotopic (exact) mass is 392 g/mol. The number of benzene rings is 1. The van der Waals surface area contributed by atoms with Crippen LogP contribution in [0.2, 0.25) is 0 Å². The maximum Gasteiger partial charge on any atom is 0.150 e. The van der Waals surface area contributed by atoms with Gasteiger partial charge < -0.3 is 11.1 Å². The molecule has 10 heteroatoms. The third-order valence-electron chi connectivity index (χ3n) is 4.32. The van der Waals surface area contributed by atoms with Gasteiger partial charge in [0, 0.05) is 12.1 Å². The molecule has 0 aliphatic heterocycles. The van der Waals surface area contributed by atoms with Gasteiger partial charge >= 0.3 is 0 Å². The second-order valence-electron chi connectivity index (χ2n) is 6.26. The number of hydrogen-bond acceptors (Lipinski definition) is 7. The van der Waals surface area contributed by atoms with Gasteiger partial charge in [0.1, 0.15) is 47.1 Å². The maximum atomic E-state index is 13.9. The molecule has 0 saturated heterocycles. The molecule has 0 bridgehead atoms. The number of pyridine rings is 1. The normalized spacial score (nSPS) is 11.9. The zero-order chi connectivity index (χ0) is 20.5. The number of nitrogen functional groups attached to an aromatic ring is 1. The summed E-state index contributed by atoms with van der Waals surface area (Å²) in [5, 5.41) is 12.4. The Bertz CT molecular complexity index is 1260. The summed E-state index contributed by atoms with van der Waals surface area (Å²) in [7, 11) is 0. The number of rotatable bonds is 4. The summed E-state index contributed by atoms with van der Waals surface area (Å²) in [6.07, 6.45) is 3.77. The first-order valence-corrected chi connectivity index (χ1v) is 8.54. The summed E-state index contributed by atoms with van der Waals surface area (Å²) in [5.74, 6) is -0.274. The van der Waals surface area contributed by atoms with E-state index < -0.39 is 17.7 Å². The van der Waals surface area contributed by atoms with Crippen LogP contribution >= 0.6 is 0 Å². The predicted octanol–water partition coefficient (Wildman–Crippen LogP) is 3.12. The van der Waals surface area contributed by atoms with Crippen LogP contribution in [-0.4, -0.2) is 24.5 Å². The van der Waals surface area contributed by atoms with E-state index in [0.717, 1.165) is 6.20 Å². The van der Waals surface area contributed by atoms with E-state index >= 15 is 0 Å². The van der Waals surface area contributed by atoms with Gasteiger partial charge in [-0.2, -0.15) is 5.26 Å². The van der Waals surface area contributed by atoms with Crippen molar-refractivity contribution in [2.45, 2.75) is 13.0 Å². The van der Waals surface area contributed by atoms with E-state index in [-0.39, 0.29) is 17.2 Å². The van der Waals surface area contributed by atoms with Crippen molar-refractivity contribution >= 4 is 22.7 Å². The van der Waals surface area contributed by atoms with E-state index in [9.17, 15) is 14.0 Å². The van der Waals surface area contributed by atoms with Crippen LogP contribution in [0.15, 0.2) is 43.0 Å². The zero-order valence-electron chi connectivity index (χ0n) is 15.1. The Morgan fingerprint density at radius 2 is 2.00 bits per heavy atom. The number of nitrogens with one attached hydrogen (secondary N) is 1. The van der Waals surface area contributed by atoms with Gasteiger partial charge in [0.2, 0.25) is 0 Å². The molecule has 4 rings (SSSR count). The van der Waals surface area contributed by atoms with Crippen LogP contribution in [0.3, 0.4) is 0 Å². The minimum atomic E-state index is -0.539. The number of nitriles is 1. The number of imidazole rings is 1. The summed E-state index contributed by atoms with van der Waals surface area (Å²) in [6.45, 7) is 1.78. The van der Waals surface area contributed by atoms with Gasteiger partial charge in [0.15, 0.2) is 0 Å². The fourth-order valence-electron chi connectivity index (χ4n) is 3.04. The summed E-state index contributed by atoms with van der Waals surface area (Å²) >= 11 is 0. The maximum absolute atomic E-state index is 13.9. The topological polar surface area (TPSA) is 118 Å². The molecule has 0 radical (unpaired) electrons. The molecular formula is C19H14F2N8. The second-order valence-corrected chi connectivity index (χ2v) is 6.26. The Kier molecular flexibility index (Phi) is 4.48. The summed E-state index contributed by atoms with van der Waals surface area (Å²) in [4.78, 5) is 16.3. The molecule has 1 aromatic carbocycles. The van der Waals surface area contributed by atoms with Gasteiger partial charge in [-0.05, 0) is 19.1 Å². The van der Waals surface area contributed by atoms with E-state index in [1.54, 1.807) is 11.5 Å². The molecule has 3 aromatic heterocycles. The SMILES string of the molecule is CC(Nc1ncnc(N)c1C#N)c1nc2ccc(F)cc2n1-c1cncc(F)c1. The number of hydrogen-bond donors (Lipinski definition) is 2. The fraction of sp³-hybridized carbons (Fsp3) is 0.105. The molecule has 0 aliphatic rings. The van der Waals surface area contributed by atoms with E-state index in [1.807, 2.05) is 6.07 Å². The largest absolute Gasteiger partial charge is 0.382 e. The Morgan fingerprint density at radius 3 is 2.76 bits per heavy atom. The Balaban J connectivity index is 1.87. The van der Waals surface area contributed by atoms with Gasteiger partial charge in [-0.1, -0.05) is 0 Å². The lowest BCUT2D eigenvalue weighted by atomic mass is 10.2. The first-order valence-electron chi connectivity index (χ1n) is 8.54. The predicted molar refractivity (Wildman–Crippen MR) is 102 cm³/mol. The quantitative estimate of drug-likeness (QED) is 0.548. The van der Waals surface area contributed by atoms with Crippen molar-refractivity contribution in [2.75, 3.05) is 11.1 Å². The third-order valence-corrected chi connectivity index (χ3v) is 4.32. The number of nitrogens with zero attached hydrogens (tertiary/aromatic N) is 6. The van der Waals surface area contributed by atoms with Crippen molar-refractivity contribution in [3.05, 3.63) is 66.0 Å². The highest BCUT2D eigenvalue weighted by Crippen LogP contribution is 2.28. The lowest BCUT2D eigenvalue weighted by Gasteiger charge is -2.17. The third kappa shape index (κ3) is 3.29. The van der Waals surface area contributed by atoms with E-state index in [2.05, 4.69) is 25.3 Å². The molecule has 4 aromatic rings. The van der Waals surface area contributed by atoms with Crippen LogP contribution in [0.5, 0.6) is 0 Å². The number of aromatic nitrogens is 5. The standard InChI is InChI=1S/C19H14F2N8/c1-10(27-18-14(6-22)17(23)25-9-26-18)19-28-15-3-2-11(20)5-16(15)29(19)13-4-12(21)7-24-8-13/h2-5,7-10H,1H3,(H3,23,25,26,27). The van der Waals surface area contributed by atoms with Crippen molar-refractivity contribution < 1.29 is 8.78 Å². The second kappa shape index (κ2) is 7.12. The van der Waals surface area contributed by atoms with Gasteiger partial charge in [-0.3, -0.25) is 9.55 Å². The van der Waals surface area contributed by atoms with Gasteiger partial charge in [-0.15, -0.1) is 0 Å². The first-order chi connectivity index (χ1) is 14.0. The highest BCUT2D eigenvalue weighted by atomic mass is 19.1. The summed E-state index contributed by atoms with van der Waals surface area (Å²) in [6, 6.07) is 6.87. The lowest BCUT2D eigenvalue weighted by Crippen LogP contribution is -2.15. The molecule has 144 valence electrons. The van der Waals surface area contributed by atoms with Crippen LogP contribution in [0.25, 0.3) is 16.7 Å². The molecule has 0 spiro atoms. The Hall–Kier alpha value is -4.13. The molecule has 1 atom stereocenters. The number of anilines is 2. The van der Waals surface area contributed by atoms with Crippen molar-refractivity contribution in [2.24, 2.45) is 0 Å². The van der Waals surface area contributed by atoms with Crippen molar-refractivity contribution in [1.29, 1.82) is 5.26 Å². The van der Waals surface area contributed by atoms with Gasteiger partial charge in [0.25, 0.3) is 0 Å². The van der Waals surface area contributed by atoms with Crippen LogP contribution in [0.4, 0.5) is 20.4 Å². The fourth-order valence-corrected chi connectivity index (χ4v) is 3.04. The molecule has 3 heterocycles. The molecule has 0 aliphatic carbocycles. The number of halogens is 2. The minimum absolute atomic E-state index is 0.0436. The molecule has 8 nitrogen and oxygen atoms in total. The molecule has 0 fully saturated rings. The molecule has 3 N–H and O–H groups in total. The molecule has 0 saturated carbocycles. The van der Waals surface area contributed by atoms with Crippen molar-refractivity contribution in [1.82, 2.24) is 24.5 Å². The summed E-state index contributed by atoms with van der Waals surface area (Å²) in [5.41, 5.74) is 7.18. The lowest BCUT2D eigenvalue weighted by molar-refractivity contribution is 0.619. The number of nitrogens with two attached hydrogens (primary N) is 1. The molecule has 29 heavy (non-hydrogen) atoms. The van der Waals surface area contributed by atoms with Crippen molar-refractivity contribution in [3.63, 3.8) is 0 Å². The van der Waals surface area contributed by atoms with Gasteiger partial charge in [-0.25, -0.2) is 23.7 Å². The zero-order valence-corrected chi connectivity index (χ0v) is 15.1. The summed E-state index contributed by atoms with van der Waals surface area (Å²) < 4.78 is 29.3. The number of fused-ring (bicyclic) bond motifs is 1. The van der Waals surface area contributed by atoms with Crippen molar-refractivity contribution in [3.8, 4) is 11.8 Å².